The van der Waals surface area contributed by atoms with Crippen LogP contribution in [0.4, 0.5) is 0 Å². The van der Waals surface area contributed by atoms with Crippen molar-refractivity contribution in [1.29, 1.82) is 5.41 Å². The summed E-state index contributed by atoms with van der Waals surface area (Å²) in [7, 11) is 0. The minimum atomic E-state index is -0.332. The number of ether oxygens (including phenoxy) is 1. The van der Waals surface area contributed by atoms with Crippen LogP contribution in [0.1, 0.15) is 68.9 Å². The minimum absolute atomic E-state index is 0.165. The van der Waals surface area contributed by atoms with Gasteiger partial charge in [-0.1, -0.05) is 68.2 Å². The fraction of sp³-hybridized carbons (Fsp3) is 0.400. The van der Waals surface area contributed by atoms with Crippen LogP contribution in [0.25, 0.3) is 5.57 Å². The molecular weight excluding hydrogens is 436 g/mol. The molecule has 0 aliphatic rings. The molecule has 1 unspecified atom stereocenters. The van der Waals surface area contributed by atoms with Gasteiger partial charge < -0.3 is 21.0 Å². The van der Waals surface area contributed by atoms with Gasteiger partial charge in [0.05, 0.1) is 6.61 Å². The van der Waals surface area contributed by atoms with Crippen molar-refractivity contribution in [2.24, 2.45) is 5.73 Å². The SMILES string of the molecule is C=CCCCCCCCCOc1ccc(O)c(CC(=N)CCC(N)C=C(C=O)c2ccccc2)c1. The van der Waals surface area contributed by atoms with E-state index in [9.17, 15) is 9.90 Å². The highest BCUT2D eigenvalue weighted by atomic mass is 16.5. The summed E-state index contributed by atoms with van der Waals surface area (Å²) in [5.41, 5.74) is 8.74. The maximum absolute atomic E-state index is 11.5. The lowest BCUT2D eigenvalue weighted by Gasteiger charge is -2.12. The Morgan fingerprint density at radius 3 is 2.49 bits per heavy atom. The Hall–Kier alpha value is -3.18. The second-order valence-corrected chi connectivity index (χ2v) is 8.93. The number of phenolic OH excluding ortho intramolecular Hbond substituents is 1. The summed E-state index contributed by atoms with van der Waals surface area (Å²) < 4.78 is 5.87. The van der Waals surface area contributed by atoms with E-state index in [1.807, 2.05) is 42.5 Å². The summed E-state index contributed by atoms with van der Waals surface area (Å²) in [5, 5.41) is 18.6. The van der Waals surface area contributed by atoms with Gasteiger partial charge in [-0.15, -0.1) is 6.58 Å². The lowest BCUT2D eigenvalue weighted by atomic mass is 9.99. The fourth-order valence-corrected chi connectivity index (χ4v) is 3.89. The highest BCUT2D eigenvalue weighted by Gasteiger charge is 2.10. The van der Waals surface area contributed by atoms with Crippen LogP contribution in [0.5, 0.6) is 11.5 Å². The van der Waals surface area contributed by atoms with Crippen LogP contribution >= 0.6 is 0 Å². The molecule has 35 heavy (non-hydrogen) atoms. The average Bonchev–Trinajstić information content (AvgIpc) is 2.87. The number of nitrogens with two attached hydrogens (primary N) is 1. The van der Waals surface area contributed by atoms with Crippen molar-refractivity contribution in [3.8, 4) is 11.5 Å². The molecule has 2 aromatic carbocycles. The highest BCUT2D eigenvalue weighted by molar-refractivity contribution is 6.07. The zero-order chi connectivity index (χ0) is 25.3. The fourth-order valence-electron chi connectivity index (χ4n) is 3.89. The maximum atomic E-state index is 11.5. The van der Waals surface area contributed by atoms with Crippen molar-refractivity contribution in [2.45, 2.75) is 70.3 Å². The lowest BCUT2D eigenvalue weighted by Crippen LogP contribution is -2.19. The van der Waals surface area contributed by atoms with Crippen LogP contribution in [-0.2, 0) is 11.2 Å². The molecule has 5 heteroatoms. The third-order valence-corrected chi connectivity index (χ3v) is 5.93. The number of hydrogen-bond acceptors (Lipinski definition) is 5. The van der Waals surface area contributed by atoms with Crippen LogP contribution in [0.2, 0.25) is 0 Å². The number of rotatable bonds is 18. The molecule has 0 aliphatic heterocycles. The van der Waals surface area contributed by atoms with E-state index in [0.29, 0.717) is 42.7 Å². The monoisotopic (exact) mass is 476 g/mol. The van der Waals surface area contributed by atoms with Crippen LogP contribution in [0.3, 0.4) is 0 Å². The predicted octanol–water partition coefficient (Wildman–Crippen LogP) is 6.64. The van der Waals surface area contributed by atoms with E-state index < -0.39 is 0 Å². The van der Waals surface area contributed by atoms with Crippen molar-refractivity contribution in [3.63, 3.8) is 0 Å². The Kier molecular flexibility index (Phi) is 13.2. The molecule has 2 aromatic rings. The highest BCUT2D eigenvalue weighted by Crippen LogP contribution is 2.25. The molecule has 0 heterocycles. The molecular formula is C30H40N2O3. The molecule has 0 saturated carbocycles. The molecule has 0 saturated heterocycles. The third kappa shape index (κ3) is 11.2. The molecule has 2 rings (SSSR count). The van der Waals surface area contributed by atoms with Gasteiger partial charge in [-0.3, -0.25) is 4.79 Å². The topological polar surface area (TPSA) is 96.4 Å². The summed E-state index contributed by atoms with van der Waals surface area (Å²) >= 11 is 0. The molecule has 0 bridgehead atoms. The third-order valence-electron chi connectivity index (χ3n) is 5.93. The Labute approximate surface area is 210 Å². The Morgan fingerprint density at radius 1 is 1.06 bits per heavy atom. The van der Waals surface area contributed by atoms with E-state index in [1.54, 1.807) is 18.2 Å². The van der Waals surface area contributed by atoms with E-state index >= 15 is 0 Å². The standard InChI is InChI=1S/C30H40N2O3/c1-2-3-4-5-6-7-8-12-19-35-29-17-18-30(34)25(22-29)20-27(31)15-16-28(32)21-26(23-33)24-13-10-9-11-14-24/h2,9-11,13-14,17-18,21-23,28,31,34H,1,3-8,12,15-16,19-20,32H2. The number of aromatic hydroxyl groups is 1. The Morgan fingerprint density at radius 2 is 1.77 bits per heavy atom. The first-order valence-electron chi connectivity index (χ1n) is 12.6. The number of carbonyl (C=O) groups is 1. The van der Waals surface area contributed by atoms with Gasteiger partial charge in [0.25, 0.3) is 0 Å². The quantitative estimate of drug-likeness (QED) is 0.0738. The van der Waals surface area contributed by atoms with Crippen molar-refractivity contribution in [2.75, 3.05) is 6.61 Å². The van der Waals surface area contributed by atoms with Gasteiger partial charge in [0.2, 0.25) is 0 Å². The number of phenols is 1. The molecule has 0 spiro atoms. The summed E-state index contributed by atoms with van der Waals surface area (Å²) in [4.78, 5) is 11.5. The second-order valence-electron chi connectivity index (χ2n) is 8.93. The van der Waals surface area contributed by atoms with Gasteiger partial charge in [0.15, 0.2) is 0 Å². The number of allylic oxidation sites excluding steroid dienone is 2. The van der Waals surface area contributed by atoms with Gasteiger partial charge in [0, 0.05) is 29.3 Å². The van der Waals surface area contributed by atoms with E-state index in [1.165, 1.54) is 25.7 Å². The van der Waals surface area contributed by atoms with Gasteiger partial charge in [0.1, 0.15) is 17.8 Å². The average molecular weight is 477 g/mol. The molecule has 188 valence electrons. The van der Waals surface area contributed by atoms with Crippen molar-refractivity contribution in [3.05, 3.63) is 78.4 Å². The number of unbranched alkanes of at least 4 members (excludes halogenated alkanes) is 6. The minimum Gasteiger partial charge on any atom is -0.508 e. The molecule has 0 amide bonds. The number of aldehydes is 1. The van der Waals surface area contributed by atoms with Gasteiger partial charge in [-0.25, -0.2) is 0 Å². The number of nitrogens with one attached hydrogen (secondary N) is 1. The van der Waals surface area contributed by atoms with E-state index in [4.69, 9.17) is 15.9 Å². The normalized spacial score (nSPS) is 12.2. The van der Waals surface area contributed by atoms with Crippen molar-refractivity contribution in [1.82, 2.24) is 0 Å². The Balaban J connectivity index is 1.76. The molecule has 0 fully saturated rings. The summed E-state index contributed by atoms with van der Waals surface area (Å²) in [5.74, 6) is 0.882. The first kappa shape index (κ1) is 28.1. The maximum Gasteiger partial charge on any atom is 0.150 e. The lowest BCUT2D eigenvalue weighted by molar-refractivity contribution is -0.103. The molecule has 0 radical (unpaired) electrons. The summed E-state index contributed by atoms with van der Waals surface area (Å²) in [6.07, 6.45) is 14.1. The number of carbonyl (C=O) groups excluding carboxylic acids is 1. The number of hydrogen-bond donors (Lipinski definition) is 3. The molecule has 5 nitrogen and oxygen atoms in total. The first-order chi connectivity index (χ1) is 17.0. The predicted molar refractivity (Wildman–Crippen MR) is 145 cm³/mol. The zero-order valence-electron chi connectivity index (χ0n) is 20.8. The smallest absolute Gasteiger partial charge is 0.150 e. The Bertz CT molecular complexity index is 953. The van der Waals surface area contributed by atoms with Crippen molar-refractivity contribution < 1.29 is 14.6 Å². The van der Waals surface area contributed by atoms with E-state index in [2.05, 4.69) is 6.58 Å². The van der Waals surface area contributed by atoms with Crippen LogP contribution < -0.4 is 10.5 Å². The van der Waals surface area contributed by atoms with Crippen LogP contribution in [0.15, 0.2) is 67.3 Å². The van der Waals surface area contributed by atoms with Gasteiger partial charge in [-0.05, 0) is 55.9 Å². The van der Waals surface area contributed by atoms with Crippen molar-refractivity contribution >= 4 is 17.6 Å². The largest absolute Gasteiger partial charge is 0.508 e. The van der Waals surface area contributed by atoms with Crippen LogP contribution in [-0.4, -0.2) is 29.8 Å². The molecule has 4 N–H and O–H groups in total. The first-order valence-corrected chi connectivity index (χ1v) is 12.6. The second kappa shape index (κ2) is 16.4. The summed E-state index contributed by atoms with van der Waals surface area (Å²) in [6, 6.07) is 14.3. The molecule has 0 aromatic heterocycles. The van der Waals surface area contributed by atoms with Gasteiger partial charge in [-0.2, -0.15) is 0 Å². The molecule has 0 aliphatic carbocycles. The number of benzene rings is 2. The van der Waals surface area contributed by atoms with E-state index in [-0.39, 0.29) is 11.8 Å². The zero-order valence-corrected chi connectivity index (χ0v) is 20.8. The molecule has 1 atom stereocenters. The summed E-state index contributed by atoms with van der Waals surface area (Å²) in [6.45, 7) is 4.40. The van der Waals surface area contributed by atoms with Crippen LogP contribution in [0, 0.1) is 5.41 Å². The van der Waals surface area contributed by atoms with E-state index in [0.717, 1.165) is 36.9 Å². The van der Waals surface area contributed by atoms with Gasteiger partial charge >= 0.3 is 0 Å².